The zero-order valence-electron chi connectivity index (χ0n) is 12.9. The lowest BCUT2D eigenvalue weighted by Gasteiger charge is -2.07. The molecule has 0 fully saturated rings. The van der Waals surface area contributed by atoms with E-state index in [4.69, 9.17) is 0 Å². The van der Waals surface area contributed by atoms with Crippen molar-refractivity contribution in [3.8, 4) is 0 Å². The molecule has 0 aliphatic rings. The van der Waals surface area contributed by atoms with Crippen LogP contribution >= 0.6 is 0 Å². The first-order valence-electron chi connectivity index (χ1n) is 6.97. The van der Waals surface area contributed by atoms with Gasteiger partial charge in [0.05, 0.1) is 16.9 Å². The SMILES string of the molecule is Cc1c(CNS(=O)(=O)CCc2ccccc2[N+](=O)[O-])cnn1C. The maximum atomic E-state index is 12.1. The summed E-state index contributed by atoms with van der Waals surface area (Å²) in [6.45, 7) is 2.00. The molecule has 0 radical (unpaired) electrons. The Balaban J connectivity index is 1.99. The second-order valence-corrected chi connectivity index (χ2v) is 7.08. The van der Waals surface area contributed by atoms with E-state index >= 15 is 0 Å². The number of nitro benzene ring substituents is 1. The Morgan fingerprint density at radius 1 is 1.30 bits per heavy atom. The van der Waals surface area contributed by atoms with Crippen LogP contribution in [0.2, 0.25) is 0 Å². The minimum Gasteiger partial charge on any atom is -0.273 e. The first-order valence-corrected chi connectivity index (χ1v) is 8.62. The summed E-state index contributed by atoms with van der Waals surface area (Å²) in [5.74, 6) is -0.211. The monoisotopic (exact) mass is 338 g/mol. The molecule has 0 bridgehead atoms. The third-order valence-corrected chi connectivity index (χ3v) is 4.97. The Morgan fingerprint density at radius 2 is 2.00 bits per heavy atom. The van der Waals surface area contributed by atoms with E-state index < -0.39 is 14.9 Å². The quantitative estimate of drug-likeness (QED) is 0.605. The van der Waals surface area contributed by atoms with Crippen molar-refractivity contribution in [3.05, 3.63) is 57.4 Å². The Hall–Kier alpha value is -2.26. The van der Waals surface area contributed by atoms with E-state index in [1.54, 1.807) is 36.1 Å². The number of aromatic nitrogens is 2. The molecular weight excluding hydrogens is 320 g/mol. The van der Waals surface area contributed by atoms with E-state index in [0.29, 0.717) is 5.56 Å². The highest BCUT2D eigenvalue weighted by molar-refractivity contribution is 7.89. The molecule has 23 heavy (non-hydrogen) atoms. The average Bonchev–Trinajstić information content (AvgIpc) is 2.83. The molecule has 8 nitrogen and oxygen atoms in total. The lowest BCUT2D eigenvalue weighted by molar-refractivity contribution is -0.385. The van der Waals surface area contributed by atoms with E-state index in [2.05, 4.69) is 9.82 Å². The summed E-state index contributed by atoms with van der Waals surface area (Å²) in [6.07, 6.45) is 1.69. The van der Waals surface area contributed by atoms with Crippen LogP contribution in [0.15, 0.2) is 30.5 Å². The van der Waals surface area contributed by atoms with Crippen LogP contribution in [0.3, 0.4) is 0 Å². The fourth-order valence-corrected chi connectivity index (χ4v) is 3.13. The summed E-state index contributed by atoms with van der Waals surface area (Å²) in [4.78, 5) is 10.4. The van der Waals surface area contributed by atoms with Crippen molar-refractivity contribution in [1.82, 2.24) is 14.5 Å². The third-order valence-electron chi connectivity index (χ3n) is 3.65. The fourth-order valence-electron chi connectivity index (χ4n) is 2.12. The number of nitrogens with one attached hydrogen (secondary N) is 1. The smallest absolute Gasteiger partial charge is 0.272 e. The molecular formula is C14H18N4O4S. The number of para-hydroxylation sites is 1. The van der Waals surface area contributed by atoms with E-state index in [1.807, 2.05) is 6.92 Å². The lowest BCUT2D eigenvalue weighted by Crippen LogP contribution is -2.27. The van der Waals surface area contributed by atoms with Crippen molar-refractivity contribution in [2.24, 2.45) is 7.05 Å². The molecule has 124 valence electrons. The number of nitrogens with zero attached hydrogens (tertiary/aromatic N) is 3. The van der Waals surface area contributed by atoms with Gasteiger partial charge in [-0.15, -0.1) is 0 Å². The minimum absolute atomic E-state index is 0.0641. The first kappa shape index (κ1) is 17.1. The fraction of sp³-hybridized carbons (Fsp3) is 0.357. The molecule has 0 amide bonds. The number of hydrogen-bond acceptors (Lipinski definition) is 5. The average molecular weight is 338 g/mol. The number of rotatable bonds is 7. The van der Waals surface area contributed by atoms with Crippen molar-refractivity contribution < 1.29 is 13.3 Å². The van der Waals surface area contributed by atoms with Crippen molar-refractivity contribution >= 4 is 15.7 Å². The van der Waals surface area contributed by atoms with Gasteiger partial charge in [0, 0.05) is 36.5 Å². The zero-order chi connectivity index (χ0) is 17.0. The summed E-state index contributed by atoms with van der Waals surface area (Å²) < 4.78 is 28.3. The standard InChI is InChI=1S/C14H18N4O4S/c1-11-13(9-15-17(11)2)10-16-23(21,22)8-7-12-5-3-4-6-14(12)18(19)20/h3-6,9,16H,7-8,10H2,1-2H3. The summed E-state index contributed by atoms with van der Waals surface area (Å²) in [6, 6.07) is 6.15. The van der Waals surface area contributed by atoms with Gasteiger partial charge in [0.1, 0.15) is 0 Å². The van der Waals surface area contributed by atoms with E-state index in [0.717, 1.165) is 11.3 Å². The first-order chi connectivity index (χ1) is 10.8. The lowest BCUT2D eigenvalue weighted by atomic mass is 10.1. The van der Waals surface area contributed by atoms with Gasteiger partial charge >= 0.3 is 0 Å². The van der Waals surface area contributed by atoms with Gasteiger partial charge in [-0.3, -0.25) is 14.8 Å². The Labute approximate surface area is 134 Å². The van der Waals surface area contributed by atoms with Gasteiger partial charge < -0.3 is 0 Å². The van der Waals surface area contributed by atoms with Crippen LogP contribution in [0.1, 0.15) is 16.8 Å². The Kier molecular flexibility index (Phi) is 5.12. The van der Waals surface area contributed by atoms with Crippen LogP contribution in [0.4, 0.5) is 5.69 Å². The molecule has 0 spiro atoms. The van der Waals surface area contributed by atoms with Crippen molar-refractivity contribution in [2.45, 2.75) is 19.9 Å². The number of hydrogen-bond donors (Lipinski definition) is 1. The molecule has 1 heterocycles. The van der Waals surface area contributed by atoms with Gasteiger partial charge in [-0.1, -0.05) is 18.2 Å². The van der Waals surface area contributed by atoms with Crippen LogP contribution in [0.5, 0.6) is 0 Å². The van der Waals surface area contributed by atoms with Crippen LogP contribution in [-0.4, -0.2) is 28.9 Å². The second-order valence-electron chi connectivity index (χ2n) is 5.15. The van der Waals surface area contributed by atoms with Gasteiger partial charge in [-0.2, -0.15) is 5.10 Å². The molecule has 0 unspecified atom stereocenters. The topological polar surface area (TPSA) is 107 Å². The van der Waals surface area contributed by atoms with Crippen LogP contribution < -0.4 is 4.72 Å². The summed E-state index contributed by atoms with van der Waals surface area (Å²) >= 11 is 0. The van der Waals surface area contributed by atoms with Gasteiger partial charge in [-0.05, 0) is 13.3 Å². The molecule has 9 heteroatoms. The molecule has 0 aliphatic heterocycles. The predicted molar refractivity (Wildman–Crippen MR) is 85.4 cm³/mol. The van der Waals surface area contributed by atoms with Gasteiger partial charge in [-0.25, -0.2) is 13.1 Å². The van der Waals surface area contributed by atoms with E-state index in [9.17, 15) is 18.5 Å². The van der Waals surface area contributed by atoms with E-state index in [1.165, 1.54) is 6.07 Å². The van der Waals surface area contributed by atoms with Crippen LogP contribution in [0, 0.1) is 17.0 Å². The van der Waals surface area contributed by atoms with Crippen molar-refractivity contribution in [1.29, 1.82) is 0 Å². The molecule has 0 atom stereocenters. The highest BCUT2D eigenvalue weighted by atomic mass is 32.2. The number of nitro groups is 1. The van der Waals surface area contributed by atoms with Crippen molar-refractivity contribution in [2.75, 3.05) is 5.75 Å². The predicted octanol–water partition coefficient (Wildman–Crippen LogP) is 1.30. The van der Waals surface area contributed by atoms with E-state index in [-0.39, 0.29) is 24.4 Å². The van der Waals surface area contributed by atoms with Gasteiger partial charge in [0.2, 0.25) is 10.0 Å². The number of benzene rings is 1. The molecule has 2 rings (SSSR count). The minimum atomic E-state index is -3.54. The largest absolute Gasteiger partial charge is 0.273 e. The Morgan fingerprint density at radius 3 is 2.61 bits per heavy atom. The zero-order valence-corrected chi connectivity index (χ0v) is 13.7. The highest BCUT2D eigenvalue weighted by Gasteiger charge is 2.17. The Bertz CT molecular complexity index is 814. The molecule has 1 N–H and O–H groups in total. The second kappa shape index (κ2) is 6.88. The van der Waals surface area contributed by atoms with Gasteiger partial charge in [0.25, 0.3) is 5.69 Å². The summed E-state index contributed by atoms with van der Waals surface area (Å²) in [7, 11) is -1.76. The normalized spacial score (nSPS) is 11.6. The van der Waals surface area contributed by atoms with Crippen LogP contribution in [0.25, 0.3) is 0 Å². The van der Waals surface area contributed by atoms with Crippen LogP contribution in [-0.2, 0) is 30.0 Å². The maximum absolute atomic E-state index is 12.1. The maximum Gasteiger partial charge on any atom is 0.272 e. The number of aryl methyl sites for hydroxylation is 2. The molecule has 1 aromatic carbocycles. The molecule has 1 aromatic heterocycles. The highest BCUT2D eigenvalue weighted by Crippen LogP contribution is 2.18. The third kappa shape index (κ3) is 4.36. The molecule has 0 saturated carbocycles. The summed E-state index contributed by atoms with van der Waals surface area (Å²) in [5, 5.41) is 15.0. The van der Waals surface area contributed by atoms with Gasteiger partial charge in [0.15, 0.2) is 0 Å². The summed E-state index contributed by atoms with van der Waals surface area (Å²) in [5.41, 5.74) is 2.01. The van der Waals surface area contributed by atoms with Crippen molar-refractivity contribution in [3.63, 3.8) is 0 Å². The molecule has 2 aromatic rings. The molecule has 0 saturated heterocycles. The molecule has 0 aliphatic carbocycles. The number of sulfonamides is 1.